The number of methoxy groups -OCH3 is 1. The second-order valence-electron chi connectivity index (χ2n) is 7.92. The van der Waals surface area contributed by atoms with Gasteiger partial charge in [-0.05, 0) is 55.5 Å². The fourth-order valence-electron chi connectivity index (χ4n) is 3.90. The lowest BCUT2D eigenvalue weighted by Crippen LogP contribution is -2.33. The molecular formula is C24H31N3O3. The summed E-state index contributed by atoms with van der Waals surface area (Å²) in [7, 11) is 1.65. The number of urea groups is 1. The lowest BCUT2D eigenvalue weighted by Gasteiger charge is -2.21. The maximum absolute atomic E-state index is 12.1. The normalized spacial score (nSPS) is 15.6. The number of fused-ring (bicyclic) bond motifs is 1. The van der Waals surface area contributed by atoms with E-state index in [9.17, 15) is 9.59 Å². The molecule has 6 nitrogen and oxygen atoms in total. The molecule has 1 aliphatic carbocycles. The van der Waals surface area contributed by atoms with E-state index >= 15 is 0 Å². The fraction of sp³-hybridized carbons (Fsp3) is 0.417. The van der Waals surface area contributed by atoms with Gasteiger partial charge in [-0.15, -0.1) is 0 Å². The van der Waals surface area contributed by atoms with E-state index in [2.05, 4.69) is 16.0 Å². The quantitative estimate of drug-likeness (QED) is 0.656. The van der Waals surface area contributed by atoms with Gasteiger partial charge in [-0.2, -0.15) is 0 Å². The van der Waals surface area contributed by atoms with Crippen LogP contribution < -0.4 is 20.7 Å². The van der Waals surface area contributed by atoms with Gasteiger partial charge >= 0.3 is 6.03 Å². The van der Waals surface area contributed by atoms with E-state index in [0.717, 1.165) is 35.5 Å². The predicted octanol–water partition coefficient (Wildman–Crippen LogP) is 5.15. The third-order valence-corrected chi connectivity index (χ3v) is 5.74. The van der Waals surface area contributed by atoms with Crippen molar-refractivity contribution in [3.8, 4) is 5.75 Å². The van der Waals surface area contributed by atoms with Crippen LogP contribution in [-0.2, 0) is 11.3 Å². The van der Waals surface area contributed by atoms with E-state index in [0.29, 0.717) is 6.54 Å². The van der Waals surface area contributed by atoms with Gasteiger partial charge in [-0.3, -0.25) is 4.79 Å². The molecule has 1 saturated carbocycles. The third kappa shape index (κ3) is 5.53. The molecule has 0 spiro atoms. The number of carbonyl (C=O) groups excluding carboxylic acids is 2. The third-order valence-electron chi connectivity index (χ3n) is 5.74. The van der Waals surface area contributed by atoms with E-state index in [-0.39, 0.29) is 17.9 Å². The van der Waals surface area contributed by atoms with E-state index in [1.807, 2.05) is 50.2 Å². The molecule has 0 radical (unpaired) electrons. The Morgan fingerprint density at radius 3 is 2.57 bits per heavy atom. The largest absolute Gasteiger partial charge is 0.496 e. The lowest BCUT2D eigenvalue weighted by atomic mass is 9.88. The van der Waals surface area contributed by atoms with E-state index < -0.39 is 0 Å². The topological polar surface area (TPSA) is 79.5 Å². The predicted molar refractivity (Wildman–Crippen MR) is 120 cm³/mol. The molecule has 0 unspecified atom stereocenters. The van der Waals surface area contributed by atoms with Crippen molar-refractivity contribution in [3.05, 3.63) is 53.1 Å². The molecule has 0 saturated heterocycles. The average Bonchev–Trinajstić information content (AvgIpc) is 2.76. The van der Waals surface area contributed by atoms with Gasteiger partial charge in [0, 0.05) is 29.9 Å². The van der Waals surface area contributed by atoms with Crippen molar-refractivity contribution in [1.82, 2.24) is 5.32 Å². The number of hydrogen-bond donors (Lipinski definition) is 3. The monoisotopic (exact) mass is 409 g/mol. The van der Waals surface area contributed by atoms with Crippen molar-refractivity contribution in [2.24, 2.45) is 5.92 Å². The minimum absolute atomic E-state index is 0.117. The van der Waals surface area contributed by atoms with Gasteiger partial charge in [0.05, 0.1) is 7.11 Å². The average molecular weight is 410 g/mol. The Hall–Kier alpha value is -3.02. The van der Waals surface area contributed by atoms with Gasteiger partial charge < -0.3 is 20.7 Å². The van der Waals surface area contributed by atoms with Gasteiger partial charge in [-0.25, -0.2) is 4.79 Å². The van der Waals surface area contributed by atoms with Crippen molar-refractivity contribution < 1.29 is 14.3 Å². The minimum Gasteiger partial charge on any atom is -0.496 e. The first-order valence-electron chi connectivity index (χ1n) is 10.6. The van der Waals surface area contributed by atoms with Gasteiger partial charge in [0.25, 0.3) is 0 Å². The summed E-state index contributed by atoms with van der Waals surface area (Å²) in [4.78, 5) is 23.0. The van der Waals surface area contributed by atoms with Crippen LogP contribution in [-0.4, -0.2) is 19.0 Å². The number of carbonyl (C=O) groups is 2. The van der Waals surface area contributed by atoms with Crippen LogP contribution >= 0.6 is 0 Å². The molecule has 160 valence electrons. The molecule has 2 aromatic rings. The summed E-state index contributed by atoms with van der Waals surface area (Å²) in [6.45, 7) is 4.66. The molecule has 2 aromatic carbocycles. The first-order chi connectivity index (χ1) is 14.5. The molecule has 2 aliphatic rings. The van der Waals surface area contributed by atoms with Crippen LogP contribution in [0.1, 0.15) is 48.8 Å². The molecule has 4 rings (SSSR count). The van der Waals surface area contributed by atoms with Crippen molar-refractivity contribution in [2.45, 2.75) is 52.5 Å². The molecule has 1 heterocycles. The molecule has 1 aliphatic heterocycles. The molecule has 0 aromatic heterocycles. The summed E-state index contributed by atoms with van der Waals surface area (Å²) in [6.07, 6.45) is 5.66. The van der Waals surface area contributed by atoms with Crippen molar-refractivity contribution >= 4 is 23.3 Å². The number of hydrogen-bond acceptors (Lipinski definition) is 3. The van der Waals surface area contributed by atoms with Crippen molar-refractivity contribution in [2.75, 3.05) is 17.7 Å². The Labute approximate surface area is 178 Å². The summed E-state index contributed by atoms with van der Waals surface area (Å²) in [5.41, 5.74) is 5.22. The SMILES string of the molecule is COc1cc(NC(=O)C2CCCCC2)ccc1C.Cc1cccc2c1CNC(=O)N2. The first-order valence-corrected chi connectivity index (χ1v) is 10.6. The molecule has 0 atom stereocenters. The molecule has 0 bridgehead atoms. The summed E-state index contributed by atoms with van der Waals surface area (Å²) in [5, 5.41) is 8.47. The highest BCUT2D eigenvalue weighted by Gasteiger charge is 2.21. The van der Waals surface area contributed by atoms with Gasteiger partial charge in [0.1, 0.15) is 5.75 Å². The van der Waals surface area contributed by atoms with Crippen LogP contribution in [0.15, 0.2) is 36.4 Å². The zero-order valence-corrected chi connectivity index (χ0v) is 18.0. The van der Waals surface area contributed by atoms with Crippen LogP contribution in [0.25, 0.3) is 0 Å². The van der Waals surface area contributed by atoms with Crippen LogP contribution in [0.2, 0.25) is 0 Å². The van der Waals surface area contributed by atoms with Gasteiger partial charge in [0.15, 0.2) is 0 Å². The van der Waals surface area contributed by atoms with Crippen LogP contribution in [0.3, 0.4) is 0 Å². The smallest absolute Gasteiger partial charge is 0.319 e. The first kappa shape index (κ1) is 21.7. The number of rotatable bonds is 3. The summed E-state index contributed by atoms with van der Waals surface area (Å²) in [6, 6.07) is 11.6. The zero-order valence-electron chi connectivity index (χ0n) is 18.0. The molecule has 3 amide bonds. The van der Waals surface area contributed by atoms with Gasteiger partial charge in [0.2, 0.25) is 5.91 Å². The Morgan fingerprint density at radius 1 is 1.07 bits per heavy atom. The number of ether oxygens (including phenoxy) is 1. The highest BCUT2D eigenvalue weighted by atomic mass is 16.5. The van der Waals surface area contributed by atoms with Crippen LogP contribution in [0.5, 0.6) is 5.75 Å². The molecular weight excluding hydrogens is 378 g/mol. The van der Waals surface area contributed by atoms with Gasteiger partial charge in [-0.1, -0.05) is 37.5 Å². The Kier molecular flexibility index (Phi) is 7.33. The Balaban J connectivity index is 0.000000184. The molecule has 1 fully saturated rings. The number of aryl methyl sites for hydroxylation is 2. The van der Waals surface area contributed by atoms with E-state index in [1.165, 1.54) is 30.4 Å². The van der Waals surface area contributed by atoms with Crippen molar-refractivity contribution in [3.63, 3.8) is 0 Å². The maximum Gasteiger partial charge on any atom is 0.319 e. The Morgan fingerprint density at radius 2 is 1.83 bits per heavy atom. The van der Waals surface area contributed by atoms with E-state index in [1.54, 1.807) is 7.11 Å². The second kappa shape index (κ2) is 10.1. The minimum atomic E-state index is -0.117. The fourth-order valence-corrected chi connectivity index (χ4v) is 3.90. The number of amides is 3. The van der Waals surface area contributed by atoms with Crippen LogP contribution in [0, 0.1) is 19.8 Å². The highest BCUT2D eigenvalue weighted by molar-refractivity contribution is 5.93. The maximum atomic E-state index is 12.1. The highest BCUT2D eigenvalue weighted by Crippen LogP contribution is 2.27. The number of anilines is 2. The summed E-state index contributed by atoms with van der Waals surface area (Å²) in [5.74, 6) is 1.16. The summed E-state index contributed by atoms with van der Waals surface area (Å²) >= 11 is 0. The summed E-state index contributed by atoms with van der Waals surface area (Å²) < 4.78 is 5.26. The number of nitrogens with one attached hydrogen (secondary N) is 3. The van der Waals surface area contributed by atoms with Crippen molar-refractivity contribution in [1.29, 1.82) is 0 Å². The molecule has 6 heteroatoms. The second-order valence-corrected chi connectivity index (χ2v) is 7.92. The standard InChI is InChI=1S/C15H21NO2.C9H10N2O/c1-11-8-9-13(10-14(11)18-2)16-15(17)12-6-4-3-5-7-12;1-6-3-2-4-8-7(6)5-10-9(12)11-8/h8-10,12H,3-7H2,1-2H3,(H,16,17);2-4H,5H2,1H3,(H2,10,11,12). The van der Waals surface area contributed by atoms with Crippen LogP contribution in [0.4, 0.5) is 16.2 Å². The Bertz CT molecular complexity index is 905. The lowest BCUT2D eigenvalue weighted by molar-refractivity contribution is -0.120. The molecule has 30 heavy (non-hydrogen) atoms. The molecule has 3 N–H and O–H groups in total. The number of benzene rings is 2. The van der Waals surface area contributed by atoms with E-state index in [4.69, 9.17) is 4.74 Å². The zero-order chi connectivity index (χ0) is 21.5.